The van der Waals surface area contributed by atoms with E-state index in [2.05, 4.69) is 49.0 Å². The fourth-order valence-electron chi connectivity index (χ4n) is 2.24. The van der Waals surface area contributed by atoms with Crippen molar-refractivity contribution in [2.75, 3.05) is 18.0 Å². The first-order valence-electron chi connectivity index (χ1n) is 6.64. The summed E-state index contributed by atoms with van der Waals surface area (Å²) in [5, 5.41) is 11.4. The Kier molecular flexibility index (Phi) is 3.41. The Labute approximate surface area is 112 Å². The molecule has 3 heterocycles. The van der Waals surface area contributed by atoms with Gasteiger partial charge in [0, 0.05) is 25.8 Å². The molecular weight excluding hydrogens is 240 g/mol. The van der Waals surface area contributed by atoms with E-state index in [1.54, 1.807) is 6.33 Å². The Morgan fingerprint density at radius 1 is 1.32 bits per heavy atom. The highest BCUT2D eigenvalue weighted by atomic mass is 15.3. The van der Waals surface area contributed by atoms with Crippen LogP contribution in [0.4, 0.5) is 5.82 Å². The van der Waals surface area contributed by atoms with Gasteiger partial charge in [0.15, 0.2) is 5.82 Å². The quantitative estimate of drug-likeness (QED) is 0.879. The molecule has 0 fully saturated rings. The summed E-state index contributed by atoms with van der Waals surface area (Å²) >= 11 is 0. The minimum atomic E-state index is 0.777. The van der Waals surface area contributed by atoms with Crippen molar-refractivity contribution in [3.05, 3.63) is 36.0 Å². The summed E-state index contributed by atoms with van der Waals surface area (Å²) in [7, 11) is 0. The average molecular weight is 258 g/mol. The number of aromatic nitrogens is 4. The molecule has 0 aromatic carbocycles. The Morgan fingerprint density at radius 3 is 3.05 bits per heavy atom. The third kappa shape index (κ3) is 2.58. The third-order valence-electron chi connectivity index (χ3n) is 3.35. The van der Waals surface area contributed by atoms with E-state index in [0.29, 0.717) is 0 Å². The van der Waals surface area contributed by atoms with Crippen LogP contribution in [0.1, 0.15) is 18.3 Å². The molecule has 100 valence electrons. The maximum atomic E-state index is 4.54. The molecule has 3 rings (SSSR count). The number of hydrogen-bond acceptors (Lipinski definition) is 5. The maximum absolute atomic E-state index is 4.54. The van der Waals surface area contributed by atoms with Crippen LogP contribution in [0.2, 0.25) is 0 Å². The van der Waals surface area contributed by atoms with Gasteiger partial charge in [-0.25, -0.2) is 4.98 Å². The van der Waals surface area contributed by atoms with Gasteiger partial charge in [-0.05, 0) is 18.2 Å². The molecular formula is C13H18N6. The molecule has 0 aliphatic carbocycles. The molecule has 0 bridgehead atoms. The molecule has 1 N–H and O–H groups in total. The van der Waals surface area contributed by atoms with Gasteiger partial charge in [-0.1, -0.05) is 13.0 Å². The van der Waals surface area contributed by atoms with Gasteiger partial charge in [0.2, 0.25) is 0 Å². The fraction of sp³-hybridized carbons (Fsp3) is 0.462. The Hall–Kier alpha value is -1.95. The van der Waals surface area contributed by atoms with Crippen LogP contribution in [0.25, 0.3) is 0 Å². The van der Waals surface area contributed by atoms with Crippen LogP contribution < -0.4 is 10.2 Å². The largest absolute Gasteiger partial charge is 0.347 e. The van der Waals surface area contributed by atoms with Crippen molar-refractivity contribution < 1.29 is 0 Å². The normalized spacial score (nSPS) is 14.5. The molecule has 2 aromatic heterocycles. The van der Waals surface area contributed by atoms with E-state index in [9.17, 15) is 0 Å². The average Bonchev–Trinajstić information content (AvgIpc) is 2.93. The molecule has 0 radical (unpaired) electrons. The van der Waals surface area contributed by atoms with Crippen molar-refractivity contribution in [3.63, 3.8) is 0 Å². The van der Waals surface area contributed by atoms with Crippen LogP contribution >= 0.6 is 0 Å². The molecule has 0 saturated heterocycles. The van der Waals surface area contributed by atoms with Crippen molar-refractivity contribution in [1.82, 2.24) is 25.1 Å². The number of rotatable bonds is 4. The number of nitrogens with one attached hydrogen (secondary N) is 1. The van der Waals surface area contributed by atoms with Crippen molar-refractivity contribution in [3.8, 4) is 0 Å². The first-order chi connectivity index (χ1) is 9.36. The topological polar surface area (TPSA) is 58.9 Å². The van der Waals surface area contributed by atoms with Gasteiger partial charge in [0.05, 0.1) is 6.54 Å². The Morgan fingerprint density at radius 2 is 2.26 bits per heavy atom. The molecule has 2 aromatic rings. The van der Waals surface area contributed by atoms with E-state index < -0.39 is 0 Å². The number of nitrogens with zero attached hydrogens (tertiary/aromatic N) is 5. The standard InChI is InChI=1S/C13H18N6/c1-2-14-7-11-3-4-12(15-8-11)18-5-6-19-10-16-17-13(19)9-18/h3-4,8,10,14H,2,5-7,9H2,1H3. The summed E-state index contributed by atoms with van der Waals surface area (Å²) in [5.74, 6) is 2.01. The van der Waals surface area contributed by atoms with E-state index >= 15 is 0 Å². The second kappa shape index (κ2) is 5.36. The predicted octanol–water partition coefficient (Wildman–Crippen LogP) is 0.803. The molecule has 1 aliphatic heterocycles. The van der Waals surface area contributed by atoms with Gasteiger partial charge in [-0.2, -0.15) is 0 Å². The number of fused-ring (bicyclic) bond motifs is 1. The molecule has 0 saturated carbocycles. The minimum absolute atomic E-state index is 0.777. The van der Waals surface area contributed by atoms with Crippen LogP contribution in [0, 0.1) is 0 Å². The monoisotopic (exact) mass is 258 g/mol. The lowest BCUT2D eigenvalue weighted by molar-refractivity contribution is 0.556. The Balaban J connectivity index is 1.70. The Bertz CT molecular complexity index is 532. The van der Waals surface area contributed by atoms with Crippen LogP contribution in [-0.4, -0.2) is 32.8 Å². The SMILES string of the molecule is CCNCc1ccc(N2CCn3cnnc3C2)nc1. The molecule has 6 heteroatoms. The zero-order valence-corrected chi connectivity index (χ0v) is 11.1. The molecule has 0 atom stereocenters. The molecule has 0 amide bonds. The maximum Gasteiger partial charge on any atom is 0.152 e. The summed E-state index contributed by atoms with van der Waals surface area (Å²) in [6.45, 7) is 6.60. The van der Waals surface area contributed by atoms with Gasteiger partial charge < -0.3 is 14.8 Å². The van der Waals surface area contributed by atoms with Crippen molar-refractivity contribution >= 4 is 5.82 Å². The van der Waals surface area contributed by atoms with Gasteiger partial charge in [-0.3, -0.25) is 0 Å². The first-order valence-corrected chi connectivity index (χ1v) is 6.64. The lowest BCUT2D eigenvalue weighted by Crippen LogP contribution is -2.34. The minimum Gasteiger partial charge on any atom is -0.347 e. The second-order valence-electron chi connectivity index (χ2n) is 4.67. The van der Waals surface area contributed by atoms with E-state index in [1.165, 1.54) is 5.56 Å². The summed E-state index contributed by atoms with van der Waals surface area (Å²) in [6.07, 6.45) is 3.73. The van der Waals surface area contributed by atoms with Crippen LogP contribution in [0.5, 0.6) is 0 Å². The highest BCUT2D eigenvalue weighted by Gasteiger charge is 2.18. The highest BCUT2D eigenvalue weighted by Crippen LogP contribution is 2.17. The summed E-state index contributed by atoms with van der Waals surface area (Å²) in [4.78, 5) is 6.78. The van der Waals surface area contributed by atoms with Crippen LogP contribution in [-0.2, 0) is 19.6 Å². The second-order valence-corrected chi connectivity index (χ2v) is 4.67. The van der Waals surface area contributed by atoms with Crippen molar-refractivity contribution in [2.45, 2.75) is 26.6 Å². The summed E-state index contributed by atoms with van der Waals surface area (Å²) in [6, 6.07) is 4.21. The number of anilines is 1. The fourth-order valence-corrected chi connectivity index (χ4v) is 2.24. The highest BCUT2D eigenvalue weighted by molar-refractivity contribution is 5.40. The van der Waals surface area contributed by atoms with E-state index in [-0.39, 0.29) is 0 Å². The van der Waals surface area contributed by atoms with Gasteiger partial charge >= 0.3 is 0 Å². The van der Waals surface area contributed by atoms with Crippen LogP contribution in [0.15, 0.2) is 24.7 Å². The first kappa shape index (κ1) is 12.1. The zero-order chi connectivity index (χ0) is 13.1. The summed E-state index contributed by atoms with van der Waals surface area (Å²) < 4.78 is 2.09. The van der Waals surface area contributed by atoms with Crippen LogP contribution in [0.3, 0.4) is 0 Å². The van der Waals surface area contributed by atoms with Gasteiger partial charge in [0.1, 0.15) is 12.1 Å². The van der Waals surface area contributed by atoms with E-state index in [0.717, 1.165) is 44.4 Å². The molecule has 6 nitrogen and oxygen atoms in total. The van der Waals surface area contributed by atoms with Gasteiger partial charge in [0.25, 0.3) is 0 Å². The van der Waals surface area contributed by atoms with E-state index in [1.807, 2.05) is 6.20 Å². The van der Waals surface area contributed by atoms with E-state index in [4.69, 9.17) is 0 Å². The lowest BCUT2D eigenvalue weighted by atomic mass is 10.2. The molecule has 1 aliphatic rings. The molecule has 0 spiro atoms. The van der Waals surface area contributed by atoms with Crippen molar-refractivity contribution in [2.24, 2.45) is 0 Å². The zero-order valence-electron chi connectivity index (χ0n) is 11.1. The summed E-state index contributed by atoms with van der Waals surface area (Å²) in [5.41, 5.74) is 1.21. The number of hydrogen-bond donors (Lipinski definition) is 1. The molecule has 0 unspecified atom stereocenters. The van der Waals surface area contributed by atoms with Crippen molar-refractivity contribution in [1.29, 1.82) is 0 Å². The predicted molar refractivity (Wildman–Crippen MR) is 72.7 cm³/mol. The third-order valence-corrected chi connectivity index (χ3v) is 3.35. The molecule has 19 heavy (non-hydrogen) atoms. The van der Waals surface area contributed by atoms with Gasteiger partial charge in [-0.15, -0.1) is 10.2 Å². The smallest absolute Gasteiger partial charge is 0.152 e. The number of pyridine rings is 1. The lowest BCUT2D eigenvalue weighted by Gasteiger charge is -2.28.